The normalized spacial score (nSPS) is 11.4. The number of benzene rings is 5. The molecule has 0 saturated carbocycles. The minimum absolute atomic E-state index is 0. The number of rotatable bonds is 4. The Kier molecular flexibility index (Phi) is 9.08. The molecular weight excluding hydrogens is 841 g/mol. The van der Waals surface area contributed by atoms with Crippen molar-refractivity contribution < 1.29 is 28.9 Å². The molecule has 49 heavy (non-hydrogen) atoms. The standard InChI is InChI=1S/C26H22GeNO.C17H10NO.Ir/c1-27(2,3)23-14-8-13-21-22-17-28-24(16-25(22)29-26(21)23)20-12-7-11-19(15-20)18-9-5-4-6-10-18;1-2-6-12(7-3-1)15-10-17-14(11-18-15)13-8-4-5-9-16(13)19-17;/h4-11,13-17H,1-3H3;1-6,8-11H;/q2*-1;. The van der Waals surface area contributed by atoms with Gasteiger partial charge in [0.15, 0.2) is 0 Å². The fourth-order valence-electron chi connectivity index (χ4n) is 6.18. The first-order chi connectivity index (χ1) is 23.4. The van der Waals surface area contributed by atoms with E-state index in [4.69, 9.17) is 13.8 Å². The molecule has 4 heterocycles. The van der Waals surface area contributed by atoms with Gasteiger partial charge in [-0.1, -0.05) is 24.3 Å². The molecule has 241 valence electrons. The number of nitrogens with zero attached hydrogens (tertiary/aromatic N) is 2. The summed E-state index contributed by atoms with van der Waals surface area (Å²) in [5, 5.41) is 4.40. The Balaban J connectivity index is 0.000000164. The van der Waals surface area contributed by atoms with Gasteiger partial charge in [0.2, 0.25) is 0 Å². The third-order valence-corrected chi connectivity index (χ3v) is 12.8. The molecule has 0 aliphatic heterocycles. The van der Waals surface area contributed by atoms with Crippen molar-refractivity contribution in [1.82, 2.24) is 9.97 Å². The first-order valence-electron chi connectivity index (χ1n) is 16.1. The van der Waals surface area contributed by atoms with E-state index in [2.05, 4.69) is 101 Å². The molecule has 5 aromatic carbocycles. The second-order valence-electron chi connectivity index (χ2n) is 12.9. The van der Waals surface area contributed by atoms with Crippen LogP contribution in [-0.4, -0.2) is 23.2 Å². The van der Waals surface area contributed by atoms with E-state index in [9.17, 15) is 0 Å². The molecule has 4 aromatic heterocycles. The maximum Gasteiger partial charge on any atom is 0.135 e. The van der Waals surface area contributed by atoms with Gasteiger partial charge in [0.1, 0.15) is 11.2 Å². The maximum absolute atomic E-state index is 6.38. The Labute approximate surface area is 301 Å². The summed E-state index contributed by atoms with van der Waals surface area (Å²) in [7, 11) is 0. The van der Waals surface area contributed by atoms with Crippen LogP contribution in [-0.2, 0) is 20.1 Å². The zero-order chi connectivity index (χ0) is 32.7. The predicted molar refractivity (Wildman–Crippen MR) is 200 cm³/mol. The van der Waals surface area contributed by atoms with Crippen molar-refractivity contribution in [2.24, 2.45) is 0 Å². The van der Waals surface area contributed by atoms with Crippen LogP contribution in [0.3, 0.4) is 0 Å². The summed E-state index contributed by atoms with van der Waals surface area (Å²) in [5.41, 5.74) is 9.76. The average molecular weight is 874 g/mol. The van der Waals surface area contributed by atoms with E-state index < -0.39 is 13.3 Å². The van der Waals surface area contributed by atoms with Crippen LogP contribution in [0.4, 0.5) is 0 Å². The number of pyridine rings is 2. The van der Waals surface area contributed by atoms with Crippen LogP contribution in [0.15, 0.2) is 149 Å². The second-order valence-corrected chi connectivity index (χ2v) is 23.5. The van der Waals surface area contributed by atoms with Gasteiger partial charge in [-0.2, -0.15) is 0 Å². The number of hydrogen-bond donors (Lipinski definition) is 0. The Bertz CT molecular complexity index is 2550. The summed E-state index contributed by atoms with van der Waals surface area (Å²) in [6.07, 6.45) is 3.82. The predicted octanol–water partition coefficient (Wildman–Crippen LogP) is 11.1. The molecule has 0 atom stereocenters. The van der Waals surface area contributed by atoms with E-state index >= 15 is 0 Å². The zero-order valence-electron chi connectivity index (χ0n) is 27.3. The minimum Gasteiger partial charge on any atom is -0.457 e. The van der Waals surface area contributed by atoms with Crippen LogP contribution in [0.25, 0.3) is 77.5 Å². The molecule has 0 aliphatic carbocycles. The number of fused-ring (bicyclic) bond motifs is 6. The van der Waals surface area contributed by atoms with Crippen LogP contribution in [0.5, 0.6) is 0 Å². The summed E-state index contributed by atoms with van der Waals surface area (Å²) < 4.78 is 13.6. The van der Waals surface area contributed by atoms with E-state index in [0.717, 1.165) is 66.6 Å². The molecule has 0 fully saturated rings. The SMILES string of the molecule is [CH3][Ge]([CH3])([CH3])[c]1cccc2c1oc1cc(-c3[c-]ccc(-c4ccccc4)c3)ncc12.[Ir].[c-]1ccccc1-c1cc2oc3ccccc3c2cn1. The second kappa shape index (κ2) is 13.6. The topological polar surface area (TPSA) is 52.1 Å². The number of para-hydroxylation sites is 2. The van der Waals surface area contributed by atoms with Gasteiger partial charge in [0.05, 0.1) is 0 Å². The van der Waals surface area contributed by atoms with Gasteiger partial charge < -0.3 is 9.40 Å². The molecule has 6 heteroatoms. The molecule has 0 amide bonds. The molecular formula is C43H32GeIrN2O2-2. The number of aromatic nitrogens is 2. The van der Waals surface area contributed by atoms with Crippen LogP contribution in [0.1, 0.15) is 0 Å². The quantitative estimate of drug-likeness (QED) is 0.131. The van der Waals surface area contributed by atoms with Crippen molar-refractivity contribution in [1.29, 1.82) is 0 Å². The van der Waals surface area contributed by atoms with E-state index in [-0.39, 0.29) is 20.1 Å². The van der Waals surface area contributed by atoms with Crippen molar-refractivity contribution in [2.45, 2.75) is 17.3 Å². The van der Waals surface area contributed by atoms with Crippen LogP contribution >= 0.6 is 0 Å². The molecule has 9 rings (SSSR count). The first kappa shape index (κ1) is 32.7. The largest absolute Gasteiger partial charge is 0.457 e. The number of hydrogen-bond acceptors (Lipinski definition) is 4. The van der Waals surface area contributed by atoms with Crippen molar-refractivity contribution in [3.8, 4) is 33.6 Å². The summed E-state index contributed by atoms with van der Waals surface area (Å²) in [6, 6.07) is 49.5. The molecule has 0 unspecified atom stereocenters. The van der Waals surface area contributed by atoms with Crippen molar-refractivity contribution in [2.75, 3.05) is 0 Å². The van der Waals surface area contributed by atoms with Crippen LogP contribution in [0.2, 0.25) is 17.3 Å². The summed E-state index contributed by atoms with van der Waals surface area (Å²) >= 11 is -2.04. The first-order valence-corrected chi connectivity index (χ1v) is 23.4. The van der Waals surface area contributed by atoms with Gasteiger partial charge in [-0.05, 0) is 17.8 Å². The minimum atomic E-state index is -2.04. The van der Waals surface area contributed by atoms with Crippen molar-refractivity contribution in [3.63, 3.8) is 0 Å². The monoisotopic (exact) mass is 875 g/mol. The van der Waals surface area contributed by atoms with Crippen LogP contribution < -0.4 is 4.40 Å². The third-order valence-electron chi connectivity index (χ3n) is 8.62. The smallest absolute Gasteiger partial charge is 0.135 e. The van der Waals surface area contributed by atoms with E-state index in [0.29, 0.717) is 0 Å². The Morgan fingerprint density at radius 1 is 0.510 bits per heavy atom. The number of furan rings is 2. The fraction of sp³-hybridized carbons (Fsp3) is 0.0698. The van der Waals surface area contributed by atoms with Crippen LogP contribution in [0, 0.1) is 12.1 Å². The van der Waals surface area contributed by atoms with Gasteiger partial charge in [-0.3, -0.25) is 0 Å². The van der Waals surface area contributed by atoms with Gasteiger partial charge in [-0.15, -0.1) is 35.9 Å². The Hall–Kier alpha value is -4.81. The molecule has 0 bridgehead atoms. The summed E-state index contributed by atoms with van der Waals surface area (Å²) in [6.45, 7) is 0. The molecule has 4 nitrogen and oxygen atoms in total. The van der Waals surface area contributed by atoms with E-state index in [1.807, 2.05) is 73.1 Å². The summed E-state index contributed by atoms with van der Waals surface area (Å²) in [5.74, 6) is 7.20. The summed E-state index contributed by atoms with van der Waals surface area (Å²) in [4.78, 5) is 9.26. The molecule has 0 spiro atoms. The Morgan fingerprint density at radius 2 is 1.16 bits per heavy atom. The van der Waals surface area contributed by atoms with Crippen molar-refractivity contribution in [3.05, 3.63) is 152 Å². The van der Waals surface area contributed by atoms with E-state index in [1.165, 1.54) is 15.3 Å². The zero-order valence-corrected chi connectivity index (χ0v) is 31.8. The third kappa shape index (κ3) is 6.50. The van der Waals surface area contributed by atoms with Crippen molar-refractivity contribution >= 4 is 61.5 Å². The average Bonchev–Trinajstić information content (AvgIpc) is 3.70. The van der Waals surface area contributed by atoms with E-state index in [1.54, 1.807) is 0 Å². The van der Waals surface area contributed by atoms with Gasteiger partial charge in [0.25, 0.3) is 0 Å². The van der Waals surface area contributed by atoms with Gasteiger partial charge >= 0.3 is 168 Å². The Morgan fingerprint density at radius 3 is 1.92 bits per heavy atom. The molecule has 0 N–H and O–H groups in total. The molecule has 0 aliphatic rings. The molecule has 9 aromatic rings. The molecule has 0 saturated heterocycles. The maximum atomic E-state index is 6.38. The van der Waals surface area contributed by atoms with Gasteiger partial charge in [-0.25, -0.2) is 0 Å². The van der Waals surface area contributed by atoms with Gasteiger partial charge in [0, 0.05) is 37.1 Å². The fourth-order valence-corrected chi connectivity index (χ4v) is 9.24. The molecule has 1 radical (unpaired) electrons.